The van der Waals surface area contributed by atoms with E-state index >= 15 is 0 Å². The van der Waals surface area contributed by atoms with Crippen LogP contribution in [0.25, 0.3) is 5.69 Å². The first-order valence-corrected chi connectivity index (χ1v) is 14.7. The summed E-state index contributed by atoms with van der Waals surface area (Å²) < 4.78 is 15.8. The van der Waals surface area contributed by atoms with Crippen molar-refractivity contribution in [3.8, 4) is 11.4 Å². The molecule has 2 aromatic heterocycles. The number of hydrogen-bond acceptors (Lipinski definition) is 8. The van der Waals surface area contributed by atoms with Gasteiger partial charge in [-0.1, -0.05) is 45.0 Å². The predicted octanol–water partition coefficient (Wildman–Crippen LogP) is 3.42. The third-order valence-corrected chi connectivity index (χ3v) is 7.97. The highest BCUT2D eigenvalue weighted by Gasteiger charge is 2.24. The summed E-state index contributed by atoms with van der Waals surface area (Å²) in [6.45, 7) is 11.0. The van der Waals surface area contributed by atoms with Crippen molar-refractivity contribution in [2.24, 2.45) is 11.0 Å². The SMILES string of the molecule is COc1ccc(-[n+]2[nH]oc(=O)c2/C=N/n2c(C(C)c3ccc(CC(C)C)cc3)nn(CN3CCN(C)CC3)c2=S)cc1. The molecule has 42 heavy (non-hydrogen) atoms. The van der Waals surface area contributed by atoms with Gasteiger partial charge in [-0.25, -0.2) is 9.48 Å². The zero-order valence-corrected chi connectivity index (χ0v) is 25.7. The number of aromatic nitrogens is 5. The third kappa shape index (κ3) is 6.61. The molecule has 3 heterocycles. The molecule has 2 aromatic carbocycles. The number of rotatable bonds is 10. The lowest BCUT2D eigenvalue weighted by molar-refractivity contribution is -0.671. The first-order chi connectivity index (χ1) is 20.2. The fraction of sp³-hybridized carbons (Fsp3) is 0.433. The number of nitrogens with zero attached hydrogens (tertiary/aromatic N) is 7. The van der Waals surface area contributed by atoms with Crippen molar-refractivity contribution < 1.29 is 13.9 Å². The van der Waals surface area contributed by atoms with Crippen LogP contribution in [0.5, 0.6) is 5.75 Å². The maximum absolute atomic E-state index is 12.7. The van der Waals surface area contributed by atoms with Gasteiger partial charge in [-0.05, 0) is 64.8 Å². The summed E-state index contributed by atoms with van der Waals surface area (Å²) in [6, 6.07) is 15.9. The predicted molar refractivity (Wildman–Crippen MR) is 163 cm³/mol. The Balaban J connectivity index is 1.51. The smallest absolute Gasteiger partial charge is 0.436 e. The lowest BCUT2D eigenvalue weighted by Crippen LogP contribution is -2.45. The average Bonchev–Trinajstić information content (AvgIpc) is 3.51. The van der Waals surface area contributed by atoms with Crippen LogP contribution in [0.15, 0.2) is 62.9 Å². The normalized spacial score (nSPS) is 15.6. The summed E-state index contributed by atoms with van der Waals surface area (Å²) in [5.41, 5.74) is 2.76. The van der Waals surface area contributed by atoms with Gasteiger partial charge in [-0.15, -0.1) is 0 Å². The first kappa shape index (κ1) is 29.6. The zero-order chi connectivity index (χ0) is 29.8. The maximum atomic E-state index is 12.7. The standard InChI is InChI=1S/C30H38N8O3S/c1-21(2)18-23-6-8-24(9-7-23)22(3)28-32-36(20-35-16-14-34(4)15-17-35)30(42)38(28)31-19-27-29(39)41-33-37(27)25-10-12-26(40-5)13-11-25/h6-13,19,21-22H,14-18,20H2,1-5H3/p+1. The zero-order valence-electron chi connectivity index (χ0n) is 24.9. The number of piperazine rings is 1. The van der Waals surface area contributed by atoms with E-state index in [1.807, 2.05) is 16.8 Å². The van der Waals surface area contributed by atoms with Crippen LogP contribution in [-0.2, 0) is 13.1 Å². The maximum Gasteiger partial charge on any atom is 0.436 e. The second kappa shape index (κ2) is 13.0. The first-order valence-electron chi connectivity index (χ1n) is 14.2. The van der Waals surface area contributed by atoms with E-state index in [2.05, 4.69) is 67.2 Å². The van der Waals surface area contributed by atoms with E-state index in [4.69, 9.17) is 31.7 Å². The van der Waals surface area contributed by atoms with Crippen LogP contribution < -0.4 is 15.0 Å². The minimum Gasteiger partial charge on any atom is -0.497 e. The molecule has 0 radical (unpaired) electrons. The van der Waals surface area contributed by atoms with Crippen molar-refractivity contribution in [3.05, 3.63) is 86.4 Å². The minimum atomic E-state index is -0.554. The molecule has 12 heteroatoms. The summed E-state index contributed by atoms with van der Waals surface area (Å²) in [5.74, 6) is 1.89. The van der Waals surface area contributed by atoms with Gasteiger partial charge in [0.05, 0.1) is 13.8 Å². The Kier molecular flexibility index (Phi) is 9.15. The fourth-order valence-electron chi connectivity index (χ4n) is 5.05. The van der Waals surface area contributed by atoms with Crippen LogP contribution in [-0.4, -0.2) is 76.1 Å². The highest BCUT2D eigenvalue weighted by atomic mass is 32.1. The summed E-state index contributed by atoms with van der Waals surface area (Å²) >= 11 is 5.91. The second-order valence-electron chi connectivity index (χ2n) is 11.2. The van der Waals surface area contributed by atoms with Gasteiger partial charge in [-0.3, -0.25) is 9.42 Å². The van der Waals surface area contributed by atoms with Gasteiger partial charge in [0.25, 0.3) is 0 Å². The molecule has 1 N–H and O–H groups in total. The molecule has 1 aliphatic rings. The Morgan fingerprint density at radius 1 is 1.10 bits per heavy atom. The van der Waals surface area contributed by atoms with Crippen LogP contribution >= 0.6 is 12.2 Å². The van der Waals surface area contributed by atoms with Crippen molar-refractivity contribution in [1.82, 2.24) is 29.5 Å². The third-order valence-electron chi connectivity index (χ3n) is 7.59. The number of ether oxygens (including phenoxy) is 1. The molecule has 0 bridgehead atoms. The van der Waals surface area contributed by atoms with Crippen molar-refractivity contribution >= 4 is 18.4 Å². The Labute approximate surface area is 250 Å². The number of H-pyrrole nitrogens is 1. The van der Waals surface area contributed by atoms with Crippen LogP contribution in [0.4, 0.5) is 0 Å². The molecule has 0 amide bonds. The monoisotopic (exact) mass is 591 g/mol. The van der Waals surface area contributed by atoms with Gasteiger partial charge in [0.1, 0.15) is 12.0 Å². The summed E-state index contributed by atoms with van der Waals surface area (Å²) in [5, 5.41) is 12.3. The molecule has 0 spiro atoms. The largest absolute Gasteiger partial charge is 0.497 e. The Morgan fingerprint density at radius 2 is 1.79 bits per heavy atom. The van der Waals surface area contributed by atoms with Gasteiger partial charge in [0.15, 0.2) is 5.82 Å². The molecule has 222 valence electrons. The number of aromatic amines is 1. The second-order valence-corrected chi connectivity index (χ2v) is 11.6. The summed E-state index contributed by atoms with van der Waals surface area (Å²) in [7, 11) is 3.74. The number of nitrogens with one attached hydrogen (secondary N) is 1. The van der Waals surface area contributed by atoms with Crippen LogP contribution in [0, 0.1) is 10.7 Å². The van der Waals surface area contributed by atoms with Crippen molar-refractivity contribution in [3.63, 3.8) is 0 Å². The highest BCUT2D eigenvalue weighted by molar-refractivity contribution is 7.71. The highest BCUT2D eigenvalue weighted by Crippen LogP contribution is 2.25. The van der Waals surface area contributed by atoms with E-state index < -0.39 is 5.63 Å². The minimum absolute atomic E-state index is 0.0953. The van der Waals surface area contributed by atoms with E-state index in [1.54, 1.807) is 23.9 Å². The van der Waals surface area contributed by atoms with Crippen LogP contribution in [0.3, 0.4) is 0 Å². The van der Waals surface area contributed by atoms with E-state index in [-0.39, 0.29) is 11.6 Å². The van der Waals surface area contributed by atoms with E-state index in [1.165, 1.54) is 16.5 Å². The molecule has 0 saturated carbocycles. The lowest BCUT2D eigenvalue weighted by Gasteiger charge is -2.31. The van der Waals surface area contributed by atoms with Gasteiger partial charge in [0.2, 0.25) is 10.5 Å². The molecule has 1 saturated heterocycles. The molecule has 4 aromatic rings. The van der Waals surface area contributed by atoms with Crippen molar-refractivity contribution in [1.29, 1.82) is 0 Å². The molecule has 1 atom stereocenters. The molecular weight excluding hydrogens is 552 g/mol. The van der Waals surface area contributed by atoms with Gasteiger partial charge < -0.3 is 9.64 Å². The number of methoxy groups -OCH3 is 1. The lowest BCUT2D eigenvalue weighted by atomic mass is 9.96. The number of hydrogen-bond donors (Lipinski definition) is 1. The Morgan fingerprint density at radius 3 is 2.43 bits per heavy atom. The topological polar surface area (TPSA) is 101 Å². The summed E-state index contributed by atoms with van der Waals surface area (Å²) in [4.78, 5) is 17.3. The van der Waals surface area contributed by atoms with E-state index in [0.29, 0.717) is 34.6 Å². The molecule has 1 fully saturated rings. The average molecular weight is 592 g/mol. The Hall–Kier alpha value is -3.87. The molecule has 1 aliphatic heterocycles. The van der Waals surface area contributed by atoms with Gasteiger partial charge >= 0.3 is 11.3 Å². The quantitative estimate of drug-likeness (QED) is 0.171. The fourth-order valence-corrected chi connectivity index (χ4v) is 5.29. The number of likely N-dealkylation sites (N-methyl/N-ethyl adjacent to an activating group) is 1. The molecule has 5 rings (SSSR count). The van der Waals surface area contributed by atoms with Crippen LogP contribution in [0.1, 0.15) is 49.3 Å². The van der Waals surface area contributed by atoms with E-state index in [9.17, 15) is 4.79 Å². The molecular formula is C30H39N8O3S+. The van der Waals surface area contributed by atoms with Gasteiger partial charge in [0, 0.05) is 44.2 Å². The van der Waals surface area contributed by atoms with E-state index in [0.717, 1.165) is 38.2 Å². The Bertz CT molecular complexity index is 1620. The van der Waals surface area contributed by atoms with Crippen molar-refractivity contribution in [2.75, 3.05) is 40.3 Å². The van der Waals surface area contributed by atoms with Gasteiger partial charge in [-0.2, -0.15) is 14.9 Å². The molecule has 0 aliphatic carbocycles. The molecule has 1 unspecified atom stereocenters. The number of benzene rings is 2. The van der Waals surface area contributed by atoms with Crippen molar-refractivity contribution in [2.45, 2.75) is 39.8 Å². The molecule has 11 nitrogen and oxygen atoms in total. The summed E-state index contributed by atoms with van der Waals surface area (Å²) in [6.07, 6.45) is 2.49. The van der Waals surface area contributed by atoms with Crippen LogP contribution in [0.2, 0.25) is 0 Å².